The van der Waals surface area contributed by atoms with Crippen molar-refractivity contribution in [3.05, 3.63) is 24.3 Å². The van der Waals surface area contributed by atoms with Gasteiger partial charge in [-0.15, -0.1) is 0 Å². The van der Waals surface area contributed by atoms with Gasteiger partial charge in [-0.25, -0.2) is 4.98 Å². The lowest BCUT2D eigenvalue weighted by atomic mass is 10.3. The van der Waals surface area contributed by atoms with Crippen molar-refractivity contribution in [1.82, 2.24) is 15.3 Å². The fourth-order valence-corrected chi connectivity index (χ4v) is 1.44. The minimum absolute atomic E-state index is 0.240. The molecule has 94 valence electrons. The van der Waals surface area contributed by atoms with Crippen molar-refractivity contribution in [2.24, 2.45) is 5.73 Å². The van der Waals surface area contributed by atoms with E-state index in [2.05, 4.69) is 20.6 Å². The maximum atomic E-state index is 11.5. The van der Waals surface area contributed by atoms with Crippen LogP contribution in [0.4, 0.5) is 5.95 Å². The number of nitrogens with two attached hydrogens (primary N) is 1. The molecule has 2 aromatic rings. The summed E-state index contributed by atoms with van der Waals surface area (Å²) in [6.45, 7) is 0.538. The molecule has 7 heteroatoms. The van der Waals surface area contributed by atoms with Gasteiger partial charge in [0, 0.05) is 13.1 Å². The first-order valence-corrected chi connectivity index (χ1v) is 5.44. The van der Waals surface area contributed by atoms with Crippen LogP contribution in [0.25, 0.3) is 11.0 Å². The highest BCUT2D eigenvalue weighted by molar-refractivity contribution is 6.39. The monoisotopic (exact) mass is 247 g/mol. The Bertz CT molecular complexity index is 545. The Kier molecular flexibility index (Phi) is 3.54. The molecule has 0 saturated heterocycles. The fraction of sp³-hybridized carbons (Fsp3) is 0.182. The molecule has 0 radical (unpaired) electrons. The summed E-state index contributed by atoms with van der Waals surface area (Å²) in [6.07, 6.45) is 0. The van der Waals surface area contributed by atoms with Crippen LogP contribution >= 0.6 is 0 Å². The van der Waals surface area contributed by atoms with E-state index in [4.69, 9.17) is 5.73 Å². The van der Waals surface area contributed by atoms with E-state index in [1.807, 2.05) is 18.2 Å². The number of para-hydroxylation sites is 2. The Morgan fingerprint density at radius 3 is 2.78 bits per heavy atom. The van der Waals surface area contributed by atoms with E-state index in [-0.39, 0.29) is 19.0 Å². The molecule has 18 heavy (non-hydrogen) atoms. The first-order valence-electron chi connectivity index (χ1n) is 5.44. The number of aromatic nitrogens is 2. The Hall–Kier alpha value is -2.41. The molecule has 0 aliphatic rings. The molecule has 5 N–H and O–H groups in total. The molecule has 2 rings (SSSR count). The van der Waals surface area contributed by atoms with E-state index in [0.717, 1.165) is 11.0 Å². The number of carbonyl (C=O) groups excluding carboxylic acids is 2. The molecule has 1 aromatic heterocycles. The third kappa shape index (κ3) is 2.64. The summed E-state index contributed by atoms with van der Waals surface area (Å²) in [5, 5.41) is 4.75. The number of rotatable bonds is 3. The second-order valence-corrected chi connectivity index (χ2v) is 3.60. The number of H-pyrrole nitrogens is 1. The molecule has 1 heterocycles. The Morgan fingerprint density at radius 2 is 2.06 bits per heavy atom. The van der Waals surface area contributed by atoms with Crippen LogP contribution in [0.5, 0.6) is 0 Å². The number of benzene rings is 1. The standard InChI is InChI=1S/C11H13N5O2/c12-5-6-13-9(17)10(18)16-11-14-7-3-1-2-4-8(7)15-11/h1-4H,5-6,12H2,(H,13,17)(H2,14,15,16,18). The molecule has 0 saturated carbocycles. The average Bonchev–Trinajstić information content (AvgIpc) is 2.77. The quantitative estimate of drug-likeness (QED) is 0.551. The van der Waals surface area contributed by atoms with Gasteiger partial charge in [-0.2, -0.15) is 0 Å². The van der Waals surface area contributed by atoms with Crippen molar-refractivity contribution in [1.29, 1.82) is 0 Å². The summed E-state index contributed by atoms with van der Waals surface area (Å²) in [6, 6.07) is 7.31. The number of anilines is 1. The number of nitrogens with zero attached hydrogens (tertiary/aromatic N) is 1. The van der Waals surface area contributed by atoms with Crippen LogP contribution in [0.1, 0.15) is 0 Å². The van der Waals surface area contributed by atoms with Crippen LogP contribution in [-0.4, -0.2) is 34.9 Å². The summed E-state index contributed by atoms with van der Waals surface area (Å²) >= 11 is 0. The lowest BCUT2D eigenvalue weighted by molar-refractivity contribution is -0.136. The first-order chi connectivity index (χ1) is 8.70. The van der Waals surface area contributed by atoms with Gasteiger partial charge in [-0.3, -0.25) is 14.9 Å². The van der Waals surface area contributed by atoms with Crippen molar-refractivity contribution >= 4 is 28.8 Å². The number of fused-ring (bicyclic) bond motifs is 1. The van der Waals surface area contributed by atoms with Gasteiger partial charge < -0.3 is 16.0 Å². The molecule has 0 atom stereocenters. The smallest absolute Gasteiger partial charge is 0.315 e. The minimum Gasteiger partial charge on any atom is -0.347 e. The highest BCUT2D eigenvalue weighted by atomic mass is 16.2. The molecule has 7 nitrogen and oxygen atoms in total. The predicted octanol–water partition coefficient (Wildman–Crippen LogP) is -0.424. The van der Waals surface area contributed by atoms with Gasteiger partial charge in [-0.1, -0.05) is 12.1 Å². The minimum atomic E-state index is -0.775. The Labute approximate surface area is 103 Å². The molecule has 0 bridgehead atoms. The van der Waals surface area contributed by atoms with Gasteiger partial charge in [0.1, 0.15) is 0 Å². The van der Waals surface area contributed by atoms with Gasteiger partial charge in [0.25, 0.3) is 0 Å². The third-order valence-corrected chi connectivity index (χ3v) is 2.26. The summed E-state index contributed by atoms with van der Waals surface area (Å²) < 4.78 is 0. The summed E-state index contributed by atoms with van der Waals surface area (Å²) in [7, 11) is 0. The van der Waals surface area contributed by atoms with Crippen molar-refractivity contribution in [2.75, 3.05) is 18.4 Å². The zero-order chi connectivity index (χ0) is 13.0. The zero-order valence-electron chi connectivity index (χ0n) is 9.56. The Morgan fingerprint density at radius 1 is 1.28 bits per heavy atom. The number of aromatic amines is 1. The van der Waals surface area contributed by atoms with Crippen molar-refractivity contribution in [3.63, 3.8) is 0 Å². The van der Waals surface area contributed by atoms with Gasteiger partial charge in [0.05, 0.1) is 11.0 Å². The number of imidazole rings is 1. The van der Waals surface area contributed by atoms with E-state index in [1.165, 1.54) is 0 Å². The van der Waals surface area contributed by atoms with Crippen molar-refractivity contribution in [3.8, 4) is 0 Å². The molecular weight excluding hydrogens is 234 g/mol. The fourth-order valence-electron chi connectivity index (χ4n) is 1.44. The second-order valence-electron chi connectivity index (χ2n) is 3.60. The van der Waals surface area contributed by atoms with E-state index in [9.17, 15) is 9.59 Å². The maximum absolute atomic E-state index is 11.5. The molecule has 1 aromatic carbocycles. The molecule has 0 unspecified atom stereocenters. The molecule has 0 aliphatic carbocycles. The summed E-state index contributed by atoms with van der Waals surface area (Å²) in [5.74, 6) is -1.27. The molecular formula is C11H13N5O2. The second kappa shape index (κ2) is 5.28. The number of hydrogen-bond donors (Lipinski definition) is 4. The van der Waals surface area contributed by atoms with Crippen molar-refractivity contribution in [2.45, 2.75) is 0 Å². The van der Waals surface area contributed by atoms with Crippen LogP contribution in [0.2, 0.25) is 0 Å². The van der Waals surface area contributed by atoms with E-state index in [1.54, 1.807) is 6.07 Å². The normalized spacial score (nSPS) is 10.3. The van der Waals surface area contributed by atoms with Gasteiger partial charge >= 0.3 is 11.8 Å². The highest BCUT2D eigenvalue weighted by Gasteiger charge is 2.14. The molecule has 0 fully saturated rings. The van der Waals surface area contributed by atoms with Crippen LogP contribution in [0.3, 0.4) is 0 Å². The van der Waals surface area contributed by atoms with E-state index in [0.29, 0.717) is 0 Å². The maximum Gasteiger partial charge on any atom is 0.315 e. The first kappa shape index (κ1) is 12.1. The third-order valence-electron chi connectivity index (χ3n) is 2.26. The molecule has 0 spiro atoms. The lowest BCUT2D eigenvalue weighted by Crippen LogP contribution is -2.38. The lowest BCUT2D eigenvalue weighted by Gasteiger charge is -2.02. The average molecular weight is 247 g/mol. The van der Waals surface area contributed by atoms with E-state index >= 15 is 0 Å². The van der Waals surface area contributed by atoms with Crippen molar-refractivity contribution < 1.29 is 9.59 Å². The number of nitrogens with one attached hydrogen (secondary N) is 3. The predicted molar refractivity (Wildman–Crippen MR) is 66.8 cm³/mol. The number of hydrogen-bond acceptors (Lipinski definition) is 4. The SMILES string of the molecule is NCCNC(=O)C(=O)Nc1nc2ccccc2[nH]1. The molecule has 0 aliphatic heterocycles. The summed E-state index contributed by atoms with van der Waals surface area (Å²) in [4.78, 5) is 29.8. The Balaban J connectivity index is 2.04. The van der Waals surface area contributed by atoms with Crippen LogP contribution < -0.4 is 16.4 Å². The van der Waals surface area contributed by atoms with Crippen LogP contribution in [-0.2, 0) is 9.59 Å². The highest BCUT2D eigenvalue weighted by Crippen LogP contribution is 2.12. The van der Waals surface area contributed by atoms with Gasteiger partial charge in [-0.05, 0) is 12.1 Å². The van der Waals surface area contributed by atoms with Crippen LogP contribution in [0, 0.1) is 0 Å². The number of carbonyl (C=O) groups is 2. The topological polar surface area (TPSA) is 113 Å². The molecule has 2 amide bonds. The van der Waals surface area contributed by atoms with Gasteiger partial charge in [0.2, 0.25) is 5.95 Å². The zero-order valence-corrected chi connectivity index (χ0v) is 9.56. The summed E-state index contributed by atoms with van der Waals surface area (Å²) in [5.41, 5.74) is 6.72. The largest absolute Gasteiger partial charge is 0.347 e. The number of amides is 2. The van der Waals surface area contributed by atoms with Gasteiger partial charge in [0.15, 0.2) is 0 Å². The van der Waals surface area contributed by atoms with E-state index < -0.39 is 11.8 Å². The van der Waals surface area contributed by atoms with Crippen LogP contribution in [0.15, 0.2) is 24.3 Å².